The lowest BCUT2D eigenvalue weighted by Gasteiger charge is -2.22. The van der Waals surface area contributed by atoms with Crippen molar-refractivity contribution in [1.29, 1.82) is 0 Å². The highest BCUT2D eigenvalue weighted by atomic mass is 16.5. The van der Waals surface area contributed by atoms with E-state index in [9.17, 15) is 14.4 Å². The molecular formula is C21H24N2O4. The number of esters is 1. The Morgan fingerprint density at radius 2 is 1.67 bits per heavy atom. The first kappa shape index (κ1) is 20.2. The number of nitrogens with zero attached hydrogens (tertiary/aromatic N) is 1. The number of hydrogen-bond donors (Lipinski definition) is 1. The number of para-hydroxylation sites is 1. The van der Waals surface area contributed by atoms with Crippen molar-refractivity contribution < 1.29 is 19.1 Å². The Kier molecular flexibility index (Phi) is 6.71. The van der Waals surface area contributed by atoms with Gasteiger partial charge in [-0.25, -0.2) is 4.79 Å². The molecule has 0 bridgehead atoms. The van der Waals surface area contributed by atoms with E-state index in [0.29, 0.717) is 11.4 Å². The van der Waals surface area contributed by atoms with Gasteiger partial charge < -0.3 is 15.0 Å². The molecule has 0 aromatic heterocycles. The lowest BCUT2D eigenvalue weighted by atomic mass is 10.1. The van der Waals surface area contributed by atoms with Crippen LogP contribution in [0.4, 0.5) is 11.4 Å². The van der Waals surface area contributed by atoms with Gasteiger partial charge in [0.1, 0.15) is 6.54 Å². The molecule has 0 unspecified atom stereocenters. The number of carbonyl (C=O) groups is 3. The Hall–Kier alpha value is -3.15. The van der Waals surface area contributed by atoms with Gasteiger partial charge in [0.15, 0.2) is 0 Å². The largest absolute Gasteiger partial charge is 0.462 e. The van der Waals surface area contributed by atoms with E-state index in [-0.39, 0.29) is 24.6 Å². The van der Waals surface area contributed by atoms with Gasteiger partial charge in [-0.15, -0.1) is 0 Å². The number of benzene rings is 2. The van der Waals surface area contributed by atoms with Gasteiger partial charge in [0.2, 0.25) is 11.8 Å². The highest BCUT2D eigenvalue weighted by Crippen LogP contribution is 2.20. The molecule has 2 aromatic carbocycles. The van der Waals surface area contributed by atoms with E-state index in [4.69, 9.17) is 4.74 Å². The average molecular weight is 368 g/mol. The van der Waals surface area contributed by atoms with Crippen molar-refractivity contribution in [3.63, 3.8) is 0 Å². The highest BCUT2D eigenvalue weighted by molar-refractivity contribution is 6.05. The van der Waals surface area contributed by atoms with Gasteiger partial charge in [-0.3, -0.25) is 9.59 Å². The molecule has 0 spiro atoms. The third-order valence-corrected chi connectivity index (χ3v) is 3.90. The summed E-state index contributed by atoms with van der Waals surface area (Å²) in [6.45, 7) is 7.08. The number of rotatable bonds is 6. The summed E-state index contributed by atoms with van der Waals surface area (Å²) in [5, 5.41) is 2.70. The zero-order valence-corrected chi connectivity index (χ0v) is 16.0. The Bertz CT molecular complexity index is 841. The summed E-state index contributed by atoms with van der Waals surface area (Å²) in [5.74, 6) is -1.15. The van der Waals surface area contributed by atoms with E-state index in [1.165, 1.54) is 11.8 Å². The summed E-state index contributed by atoms with van der Waals surface area (Å²) < 4.78 is 5.01. The second-order valence-corrected chi connectivity index (χ2v) is 6.27. The number of aryl methyl sites for hydroxylation is 2. The summed E-state index contributed by atoms with van der Waals surface area (Å²) in [6.07, 6.45) is 0. The minimum Gasteiger partial charge on any atom is -0.462 e. The fourth-order valence-electron chi connectivity index (χ4n) is 2.80. The van der Waals surface area contributed by atoms with E-state index in [1.807, 2.05) is 32.0 Å². The first-order valence-electron chi connectivity index (χ1n) is 8.74. The second-order valence-electron chi connectivity index (χ2n) is 6.27. The van der Waals surface area contributed by atoms with Crippen LogP contribution in [-0.4, -0.2) is 30.9 Å². The minimum absolute atomic E-state index is 0.157. The van der Waals surface area contributed by atoms with Crippen LogP contribution in [-0.2, 0) is 14.3 Å². The van der Waals surface area contributed by atoms with Crippen LogP contribution < -0.4 is 10.2 Å². The monoisotopic (exact) mass is 368 g/mol. The molecule has 0 aliphatic heterocycles. The average Bonchev–Trinajstić information content (AvgIpc) is 2.59. The topological polar surface area (TPSA) is 75.7 Å². The molecule has 0 fully saturated rings. The molecule has 1 N–H and O–H groups in total. The van der Waals surface area contributed by atoms with Crippen LogP contribution in [0.1, 0.15) is 35.3 Å². The maximum Gasteiger partial charge on any atom is 0.340 e. The van der Waals surface area contributed by atoms with Crippen molar-refractivity contribution in [3.05, 3.63) is 59.2 Å². The molecule has 0 saturated carbocycles. The van der Waals surface area contributed by atoms with E-state index in [2.05, 4.69) is 5.32 Å². The summed E-state index contributed by atoms with van der Waals surface area (Å²) in [4.78, 5) is 38.1. The standard InChI is InChI=1S/C21H24N2O4/c1-5-27-21(26)18-8-6-7-9-19(18)22-20(25)13-23(16(4)24)17-11-14(2)10-15(3)12-17/h6-12H,5,13H2,1-4H3,(H,22,25). The van der Waals surface area contributed by atoms with E-state index in [0.717, 1.165) is 11.1 Å². The van der Waals surface area contributed by atoms with Crippen molar-refractivity contribution in [2.75, 3.05) is 23.4 Å². The molecule has 6 nitrogen and oxygen atoms in total. The maximum absolute atomic E-state index is 12.5. The molecule has 6 heteroatoms. The van der Waals surface area contributed by atoms with Crippen molar-refractivity contribution in [3.8, 4) is 0 Å². The molecule has 2 rings (SSSR count). The van der Waals surface area contributed by atoms with Gasteiger partial charge >= 0.3 is 5.97 Å². The maximum atomic E-state index is 12.5. The molecule has 0 saturated heterocycles. The lowest BCUT2D eigenvalue weighted by molar-refractivity contribution is -0.120. The van der Waals surface area contributed by atoms with Gasteiger partial charge in [0.25, 0.3) is 0 Å². The third-order valence-electron chi connectivity index (χ3n) is 3.90. The molecular weight excluding hydrogens is 344 g/mol. The molecule has 2 aromatic rings. The zero-order valence-electron chi connectivity index (χ0n) is 16.0. The zero-order chi connectivity index (χ0) is 20.0. The quantitative estimate of drug-likeness (QED) is 0.792. The number of nitrogens with one attached hydrogen (secondary N) is 1. The van der Waals surface area contributed by atoms with Crippen molar-refractivity contribution >= 4 is 29.2 Å². The molecule has 0 aliphatic carbocycles. The number of ether oxygens (including phenoxy) is 1. The van der Waals surface area contributed by atoms with Gasteiger partial charge in [-0.2, -0.15) is 0 Å². The summed E-state index contributed by atoms with van der Waals surface area (Å²) in [5.41, 5.74) is 3.29. The first-order chi connectivity index (χ1) is 12.8. The van der Waals surface area contributed by atoms with Crippen LogP contribution in [0, 0.1) is 13.8 Å². The number of amides is 2. The SMILES string of the molecule is CCOC(=O)c1ccccc1NC(=O)CN(C(C)=O)c1cc(C)cc(C)c1. The second kappa shape index (κ2) is 8.98. The smallest absolute Gasteiger partial charge is 0.340 e. The number of hydrogen-bond acceptors (Lipinski definition) is 4. The first-order valence-corrected chi connectivity index (χ1v) is 8.74. The molecule has 0 atom stereocenters. The number of carbonyl (C=O) groups excluding carboxylic acids is 3. The fraction of sp³-hybridized carbons (Fsp3) is 0.286. The van der Waals surface area contributed by atoms with Crippen LogP contribution in [0.15, 0.2) is 42.5 Å². The fourth-order valence-corrected chi connectivity index (χ4v) is 2.80. The molecule has 0 heterocycles. The predicted molar refractivity (Wildman–Crippen MR) is 105 cm³/mol. The van der Waals surface area contributed by atoms with Crippen LogP contribution in [0.2, 0.25) is 0 Å². The van der Waals surface area contributed by atoms with Gasteiger partial charge in [-0.1, -0.05) is 18.2 Å². The van der Waals surface area contributed by atoms with Gasteiger partial charge in [-0.05, 0) is 56.2 Å². The van der Waals surface area contributed by atoms with Crippen molar-refractivity contribution in [1.82, 2.24) is 0 Å². The van der Waals surface area contributed by atoms with Crippen LogP contribution in [0.3, 0.4) is 0 Å². The number of anilines is 2. The van der Waals surface area contributed by atoms with Crippen LogP contribution >= 0.6 is 0 Å². The van der Waals surface area contributed by atoms with Gasteiger partial charge in [0, 0.05) is 12.6 Å². The summed E-state index contributed by atoms with van der Waals surface area (Å²) in [7, 11) is 0. The Morgan fingerprint density at radius 1 is 1.04 bits per heavy atom. The van der Waals surface area contributed by atoms with Crippen molar-refractivity contribution in [2.45, 2.75) is 27.7 Å². The van der Waals surface area contributed by atoms with E-state index in [1.54, 1.807) is 31.2 Å². The van der Waals surface area contributed by atoms with Crippen molar-refractivity contribution in [2.24, 2.45) is 0 Å². The van der Waals surface area contributed by atoms with Crippen LogP contribution in [0.25, 0.3) is 0 Å². The van der Waals surface area contributed by atoms with E-state index < -0.39 is 11.9 Å². The van der Waals surface area contributed by atoms with Crippen LogP contribution in [0.5, 0.6) is 0 Å². The third kappa shape index (κ3) is 5.41. The summed E-state index contributed by atoms with van der Waals surface area (Å²) >= 11 is 0. The molecule has 2 amide bonds. The molecule has 0 aliphatic rings. The van der Waals surface area contributed by atoms with Gasteiger partial charge in [0.05, 0.1) is 17.9 Å². The highest BCUT2D eigenvalue weighted by Gasteiger charge is 2.19. The lowest BCUT2D eigenvalue weighted by Crippen LogP contribution is -2.37. The summed E-state index contributed by atoms with van der Waals surface area (Å²) in [6, 6.07) is 12.3. The van der Waals surface area contributed by atoms with E-state index >= 15 is 0 Å². The molecule has 142 valence electrons. The molecule has 27 heavy (non-hydrogen) atoms. The Balaban J connectivity index is 2.20. The minimum atomic E-state index is -0.508. The Morgan fingerprint density at radius 3 is 2.26 bits per heavy atom. The Labute approximate surface area is 159 Å². The predicted octanol–water partition coefficient (Wildman–Crippen LogP) is 3.47. The normalized spacial score (nSPS) is 10.2. The molecule has 0 radical (unpaired) electrons.